The van der Waals surface area contributed by atoms with Crippen molar-refractivity contribution in [3.05, 3.63) is 19.2 Å². The van der Waals surface area contributed by atoms with E-state index in [1.165, 1.54) is 0 Å². The van der Waals surface area contributed by atoms with Gasteiger partial charge in [0.15, 0.2) is 0 Å². The van der Waals surface area contributed by atoms with E-state index in [0.717, 1.165) is 19.6 Å². The number of halogens is 2. The van der Waals surface area contributed by atoms with Crippen LogP contribution in [0.5, 0.6) is 0 Å². The third kappa shape index (κ3) is 2.28. The van der Waals surface area contributed by atoms with Crippen molar-refractivity contribution in [3.63, 3.8) is 0 Å². The first-order valence-corrected chi connectivity index (χ1v) is 5.68. The van der Waals surface area contributed by atoms with E-state index in [1.54, 1.807) is 11.3 Å². The van der Waals surface area contributed by atoms with Crippen molar-refractivity contribution in [3.8, 4) is 0 Å². The van der Waals surface area contributed by atoms with Crippen LogP contribution in [-0.4, -0.2) is 5.11 Å². The van der Waals surface area contributed by atoms with Crippen LogP contribution in [0.2, 0.25) is 0 Å². The Morgan fingerprint density at radius 1 is 1.64 bits per heavy atom. The average Bonchev–Trinajstić information content (AvgIpc) is 2.31. The molecule has 0 aliphatic carbocycles. The van der Waals surface area contributed by atoms with Crippen LogP contribution in [0.3, 0.4) is 0 Å². The predicted molar refractivity (Wildman–Crippen MR) is 55.0 cm³/mol. The third-order valence-corrected chi connectivity index (χ3v) is 4.74. The molecule has 0 aliphatic heterocycles. The van der Waals surface area contributed by atoms with Gasteiger partial charge in [-0.25, -0.2) is 0 Å². The number of hydrogen-bond acceptors (Lipinski definition) is 2. The van der Waals surface area contributed by atoms with Gasteiger partial charge < -0.3 is 5.11 Å². The topological polar surface area (TPSA) is 20.2 Å². The standard InChI is InChI=1S/C7H8Br2OS/c1-2-5(10)6-3-4(8)7(9)11-6/h3,5,10H,2H2,1H3/t5-/m1/s1. The summed E-state index contributed by atoms with van der Waals surface area (Å²) in [5, 5.41) is 9.44. The molecule has 1 N–H and O–H groups in total. The molecular formula is C7H8Br2OS. The maximum absolute atomic E-state index is 9.44. The Morgan fingerprint density at radius 2 is 2.27 bits per heavy atom. The van der Waals surface area contributed by atoms with Crippen molar-refractivity contribution in [2.75, 3.05) is 0 Å². The van der Waals surface area contributed by atoms with Gasteiger partial charge in [0.05, 0.1) is 9.89 Å². The Hall–Kier alpha value is 0.620. The van der Waals surface area contributed by atoms with Crippen LogP contribution >= 0.6 is 43.2 Å². The Kier molecular flexibility index (Phi) is 3.55. The van der Waals surface area contributed by atoms with Crippen LogP contribution in [0.25, 0.3) is 0 Å². The van der Waals surface area contributed by atoms with Crippen molar-refractivity contribution in [1.29, 1.82) is 0 Å². The van der Waals surface area contributed by atoms with E-state index >= 15 is 0 Å². The van der Waals surface area contributed by atoms with Gasteiger partial charge in [-0.3, -0.25) is 0 Å². The largest absolute Gasteiger partial charge is 0.388 e. The summed E-state index contributed by atoms with van der Waals surface area (Å²) in [6, 6.07) is 1.95. The average molecular weight is 300 g/mol. The zero-order chi connectivity index (χ0) is 8.43. The lowest BCUT2D eigenvalue weighted by Gasteiger charge is -2.01. The van der Waals surface area contributed by atoms with Gasteiger partial charge in [0.2, 0.25) is 0 Å². The van der Waals surface area contributed by atoms with Gasteiger partial charge in [-0.15, -0.1) is 11.3 Å². The fourth-order valence-electron chi connectivity index (χ4n) is 0.729. The molecule has 1 aromatic rings. The van der Waals surface area contributed by atoms with Crippen LogP contribution in [0.4, 0.5) is 0 Å². The van der Waals surface area contributed by atoms with E-state index in [9.17, 15) is 5.11 Å². The molecule has 0 radical (unpaired) electrons. The van der Waals surface area contributed by atoms with Crippen LogP contribution in [0.15, 0.2) is 14.3 Å². The number of aliphatic hydroxyl groups excluding tert-OH is 1. The van der Waals surface area contributed by atoms with E-state index in [0.29, 0.717) is 0 Å². The third-order valence-electron chi connectivity index (χ3n) is 1.38. The Labute approximate surface area is 86.7 Å². The summed E-state index contributed by atoms with van der Waals surface area (Å²) in [6.45, 7) is 1.96. The maximum Gasteiger partial charge on any atom is 0.0880 e. The van der Waals surface area contributed by atoms with Crippen molar-refractivity contribution in [2.45, 2.75) is 19.4 Å². The summed E-state index contributed by atoms with van der Waals surface area (Å²) in [5.74, 6) is 0. The maximum atomic E-state index is 9.44. The second kappa shape index (κ2) is 4.03. The molecule has 0 bridgehead atoms. The van der Waals surface area contributed by atoms with E-state index < -0.39 is 0 Å². The van der Waals surface area contributed by atoms with Gasteiger partial charge in [0.1, 0.15) is 0 Å². The minimum Gasteiger partial charge on any atom is -0.388 e. The summed E-state index contributed by atoms with van der Waals surface area (Å²) in [7, 11) is 0. The van der Waals surface area contributed by atoms with Crippen molar-refractivity contribution in [1.82, 2.24) is 0 Å². The lowest BCUT2D eigenvalue weighted by molar-refractivity contribution is 0.177. The minimum absolute atomic E-state index is 0.317. The fourth-order valence-corrected chi connectivity index (χ4v) is 2.89. The van der Waals surface area contributed by atoms with Gasteiger partial charge in [0.25, 0.3) is 0 Å². The molecule has 1 heterocycles. The molecule has 0 spiro atoms. The van der Waals surface area contributed by atoms with Crippen molar-refractivity contribution >= 4 is 43.2 Å². The smallest absolute Gasteiger partial charge is 0.0880 e. The minimum atomic E-state index is -0.317. The Balaban J connectivity index is 2.88. The molecule has 0 saturated carbocycles. The molecule has 1 atom stereocenters. The van der Waals surface area contributed by atoms with Crippen LogP contribution < -0.4 is 0 Å². The molecule has 0 aliphatic rings. The fraction of sp³-hybridized carbons (Fsp3) is 0.429. The lowest BCUT2D eigenvalue weighted by atomic mass is 10.2. The van der Waals surface area contributed by atoms with Gasteiger partial charge in [0, 0.05) is 9.35 Å². The van der Waals surface area contributed by atoms with Crippen LogP contribution in [-0.2, 0) is 0 Å². The van der Waals surface area contributed by atoms with Crippen molar-refractivity contribution in [2.24, 2.45) is 0 Å². The monoisotopic (exact) mass is 298 g/mol. The highest BCUT2D eigenvalue weighted by Gasteiger charge is 2.10. The molecule has 0 fully saturated rings. The SMILES string of the molecule is CC[C@@H](O)c1cc(Br)c(Br)s1. The van der Waals surface area contributed by atoms with E-state index in [2.05, 4.69) is 31.9 Å². The molecule has 1 aromatic heterocycles. The number of rotatable bonds is 2. The normalized spacial score (nSPS) is 13.5. The van der Waals surface area contributed by atoms with Crippen LogP contribution in [0.1, 0.15) is 24.3 Å². The highest BCUT2D eigenvalue weighted by molar-refractivity contribution is 9.13. The Bertz CT molecular complexity index is 227. The van der Waals surface area contributed by atoms with Crippen molar-refractivity contribution < 1.29 is 5.11 Å². The molecule has 0 saturated heterocycles. The van der Waals surface area contributed by atoms with E-state index in [4.69, 9.17) is 0 Å². The van der Waals surface area contributed by atoms with E-state index in [-0.39, 0.29) is 6.10 Å². The molecule has 1 nitrogen and oxygen atoms in total. The van der Waals surface area contributed by atoms with Gasteiger partial charge in [-0.05, 0) is 44.3 Å². The van der Waals surface area contributed by atoms with E-state index in [1.807, 2.05) is 13.0 Å². The molecule has 1 rings (SSSR count). The molecule has 0 aromatic carbocycles. The summed E-state index contributed by atoms with van der Waals surface area (Å²) >= 11 is 8.31. The second-order valence-corrected chi connectivity index (χ2v) is 5.45. The lowest BCUT2D eigenvalue weighted by Crippen LogP contribution is -1.89. The molecule has 0 amide bonds. The van der Waals surface area contributed by atoms with Crippen LogP contribution in [0, 0.1) is 0 Å². The first-order valence-electron chi connectivity index (χ1n) is 3.28. The zero-order valence-corrected chi connectivity index (χ0v) is 9.96. The molecular weight excluding hydrogens is 292 g/mol. The van der Waals surface area contributed by atoms with Gasteiger partial charge >= 0.3 is 0 Å². The number of hydrogen-bond donors (Lipinski definition) is 1. The highest BCUT2D eigenvalue weighted by atomic mass is 79.9. The highest BCUT2D eigenvalue weighted by Crippen LogP contribution is 2.36. The molecule has 0 unspecified atom stereocenters. The zero-order valence-electron chi connectivity index (χ0n) is 5.97. The first kappa shape index (κ1) is 9.71. The number of aliphatic hydroxyl groups is 1. The van der Waals surface area contributed by atoms with Gasteiger partial charge in [-0.2, -0.15) is 0 Å². The first-order chi connectivity index (χ1) is 5.15. The summed E-state index contributed by atoms with van der Waals surface area (Å²) in [4.78, 5) is 1.01. The summed E-state index contributed by atoms with van der Waals surface area (Å²) < 4.78 is 2.06. The Morgan fingerprint density at radius 3 is 2.64 bits per heavy atom. The predicted octanol–water partition coefficient (Wildman–Crippen LogP) is 3.72. The molecule has 4 heteroatoms. The summed E-state index contributed by atoms with van der Waals surface area (Å²) in [6.07, 6.45) is 0.446. The quantitative estimate of drug-likeness (QED) is 0.882. The summed E-state index contributed by atoms with van der Waals surface area (Å²) in [5.41, 5.74) is 0. The molecule has 11 heavy (non-hydrogen) atoms. The number of thiophene rings is 1. The molecule has 62 valence electrons. The van der Waals surface area contributed by atoms with Gasteiger partial charge in [-0.1, -0.05) is 6.92 Å². The second-order valence-electron chi connectivity index (χ2n) is 2.19.